The first-order valence-electron chi connectivity index (χ1n) is 5.41. The van der Waals surface area contributed by atoms with E-state index < -0.39 is 33.5 Å². The van der Waals surface area contributed by atoms with Gasteiger partial charge in [0, 0.05) is 23.8 Å². The van der Waals surface area contributed by atoms with Crippen molar-refractivity contribution in [2.24, 2.45) is 0 Å². The summed E-state index contributed by atoms with van der Waals surface area (Å²) in [5.41, 5.74) is 0. The number of carbonyl (C=O) groups is 1. The second-order valence-corrected chi connectivity index (χ2v) is 7.50. The molecule has 1 fully saturated rings. The first-order valence-corrected chi connectivity index (χ1v) is 8.28. The molecule has 0 bridgehead atoms. The zero-order chi connectivity index (χ0) is 14.8. The molecule has 4 nitrogen and oxygen atoms in total. The van der Waals surface area contributed by atoms with Crippen LogP contribution < -0.4 is 0 Å². The molecule has 0 N–H and O–H groups in total. The van der Waals surface area contributed by atoms with Crippen LogP contribution in [0.1, 0.15) is 6.92 Å². The standard InChI is InChI=1S/C9H13F4NO3S2/c1-2-19(16,17)6-5-18-4-3-14(6)8(15)9(12,13)7(10)11/h6-7H,2-5H2,1H3. The van der Waals surface area contributed by atoms with Crippen LogP contribution in [0, 0.1) is 0 Å². The van der Waals surface area contributed by atoms with Crippen molar-refractivity contribution >= 4 is 27.5 Å². The molecule has 1 aliphatic heterocycles. The van der Waals surface area contributed by atoms with Crippen molar-refractivity contribution < 1.29 is 30.8 Å². The molecule has 1 aliphatic rings. The van der Waals surface area contributed by atoms with Crippen LogP contribution in [0.5, 0.6) is 0 Å². The van der Waals surface area contributed by atoms with E-state index in [4.69, 9.17) is 0 Å². The van der Waals surface area contributed by atoms with Crippen LogP contribution in [0.4, 0.5) is 17.6 Å². The predicted octanol–water partition coefficient (Wildman–Crippen LogP) is 1.22. The number of thioether (sulfide) groups is 1. The maximum Gasteiger partial charge on any atom is 0.383 e. The first-order chi connectivity index (χ1) is 8.64. The molecule has 1 rings (SSSR count). The van der Waals surface area contributed by atoms with Gasteiger partial charge in [-0.2, -0.15) is 20.5 Å². The van der Waals surface area contributed by atoms with Crippen LogP contribution in [0.25, 0.3) is 0 Å². The van der Waals surface area contributed by atoms with Crippen molar-refractivity contribution in [2.75, 3.05) is 23.8 Å². The molecule has 0 spiro atoms. The molecule has 1 atom stereocenters. The van der Waals surface area contributed by atoms with Gasteiger partial charge in [-0.05, 0) is 0 Å². The summed E-state index contributed by atoms with van der Waals surface area (Å²) in [7, 11) is -3.80. The lowest BCUT2D eigenvalue weighted by atomic mass is 10.3. The van der Waals surface area contributed by atoms with E-state index in [9.17, 15) is 30.8 Å². The Morgan fingerprint density at radius 1 is 1.47 bits per heavy atom. The van der Waals surface area contributed by atoms with Gasteiger partial charge in [-0.25, -0.2) is 17.2 Å². The zero-order valence-electron chi connectivity index (χ0n) is 9.98. The molecule has 0 aromatic heterocycles. The topological polar surface area (TPSA) is 54.5 Å². The Hall–Kier alpha value is -0.510. The van der Waals surface area contributed by atoms with Crippen LogP contribution in [-0.2, 0) is 14.6 Å². The van der Waals surface area contributed by atoms with Crippen molar-refractivity contribution in [3.05, 3.63) is 0 Å². The van der Waals surface area contributed by atoms with E-state index in [1.54, 1.807) is 0 Å². The van der Waals surface area contributed by atoms with Gasteiger partial charge in [0.25, 0.3) is 5.91 Å². The zero-order valence-corrected chi connectivity index (χ0v) is 11.6. The van der Waals surface area contributed by atoms with Gasteiger partial charge in [0.15, 0.2) is 9.84 Å². The highest BCUT2D eigenvalue weighted by atomic mass is 32.2. The summed E-state index contributed by atoms with van der Waals surface area (Å²) in [6.07, 6.45) is -4.15. The van der Waals surface area contributed by atoms with E-state index >= 15 is 0 Å². The number of sulfone groups is 1. The molecular formula is C9H13F4NO3S2. The van der Waals surface area contributed by atoms with E-state index in [0.29, 0.717) is 4.90 Å². The molecule has 1 heterocycles. The lowest BCUT2D eigenvalue weighted by Gasteiger charge is -2.36. The molecular weight excluding hydrogens is 310 g/mol. The number of hydrogen-bond acceptors (Lipinski definition) is 4. The third-order valence-corrected chi connectivity index (χ3v) is 6.01. The molecule has 10 heteroatoms. The molecule has 1 unspecified atom stereocenters. The van der Waals surface area contributed by atoms with Gasteiger partial charge in [0.1, 0.15) is 5.37 Å². The summed E-state index contributed by atoms with van der Waals surface area (Å²) in [5.74, 6) is -7.17. The fraction of sp³-hybridized carbons (Fsp3) is 0.889. The van der Waals surface area contributed by atoms with Crippen molar-refractivity contribution in [3.8, 4) is 0 Å². The van der Waals surface area contributed by atoms with Gasteiger partial charge in [0.2, 0.25) is 0 Å². The molecule has 1 amide bonds. The number of nitrogens with zero attached hydrogens (tertiary/aromatic N) is 1. The third kappa shape index (κ3) is 3.33. The van der Waals surface area contributed by atoms with Gasteiger partial charge in [-0.3, -0.25) is 4.79 Å². The van der Waals surface area contributed by atoms with Crippen molar-refractivity contribution in [1.29, 1.82) is 0 Å². The Bertz CT molecular complexity index is 441. The van der Waals surface area contributed by atoms with Crippen LogP contribution in [0.15, 0.2) is 0 Å². The second-order valence-electron chi connectivity index (χ2n) is 3.90. The molecule has 1 saturated heterocycles. The van der Waals surface area contributed by atoms with E-state index in [1.165, 1.54) is 18.7 Å². The SMILES string of the molecule is CCS(=O)(=O)C1CSCCN1C(=O)C(F)(F)C(F)F. The van der Waals surface area contributed by atoms with Crippen LogP contribution in [0.2, 0.25) is 0 Å². The highest BCUT2D eigenvalue weighted by Gasteiger charge is 2.53. The fourth-order valence-corrected chi connectivity index (χ4v) is 4.55. The number of hydrogen-bond donors (Lipinski definition) is 0. The number of carbonyl (C=O) groups excluding carboxylic acids is 1. The molecule has 0 radical (unpaired) electrons. The van der Waals surface area contributed by atoms with Gasteiger partial charge >= 0.3 is 12.3 Å². The molecule has 0 aromatic rings. The molecule has 112 valence electrons. The number of rotatable bonds is 4. The number of amides is 1. The molecule has 0 aromatic carbocycles. The molecule has 0 aliphatic carbocycles. The van der Waals surface area contributed by atoms with Crippen molar-refractivity contribution in [1.82, 2.24) is 4.90 Å². The fourth-order valence-electron chi connectivity index (χ4n) is 1.59. The van der Waals surface area contributed by atoms with Crippen LogP contribution in [0.3, 0.4) is 0 Å². The maximum absolute atomic E-state index is 13.0. The van der Waals surface area contributed by atoms with Gasteiger partial charge in [0.05, 0.1) is 0 Å². The number of halogens is 4. The summed E-state index contributed by atoms with van der Waals surface area (Å²) >= 11 is 1.18. The van der Waals surface area contributed by atoms with Crippen LogP contribution >= 0.6 is 11.8 Å². The minimum Gasteiger partial charge on any atom is -0.319 e. The summed E-state index contributed by atoms with van der Waals surface area (Å²) in [6.45, 7) is 1.03. The van der Waals surface area contributed by atoms with E-state index in [2.05, 4.69) is 0 Å². The smallest absolute Gasteiger partial charge is 0.319 e. The van der Waals surface area contributed by atoms with Gasteiger partial charge < -0.3 is 4.90 Å². The Balaban J connectivity index is 3.05. The lowest BCUT2D eigenvalue weighted by molar-refractivity contribution is -0.181. The Morgan fingerprint density at radius 2 is 2.05 bits per heavy atom. The average Bonchev–Trinajstić information content (AvgIpc) is 2.37. The predicted molar refractivity (Wildman–Crippen MR) is 63.2 cm³/mol. The lowest BCUT2D eigenvalue weighted by Crippen LogP contribution is -2.57. The minimum absolute atomic E-state index is 0.0821. The highest BCUT2D eigenvalue weighted by Crippen LogP contribution is 2.30. The van der Waals surface area contributed by atoms with Crippen molar-refractivity contribution in [2.45, 2.75) is 24.6 Å². The Kier molecular flexibility index (Phi) is 5.10. The average molecular weight is 323 g/mol. The summed E-state index contributed by atoms with van der Waals surface area (Å²) in [6, 6.07) is 0. The normalized spacial score (nSPS) is 21.8. The molecule has 0 saturated carbocycles. The maximum atomic E-state index is 13.0. The monoisotopic (exact) mass is 323 g/mol. The van der Waals surface area contributed by atoms with Gasteiger partial charge in [-0.15, -0.1) is 0 Å². The van der Waals surface area contributed by atoms with E-state index in [-0.39, 0.29) is 23.8 Å². The first kappa shape index (κ1) is 16.5. The Labute approximate surface area is 112 Å². The van der Waals surface area contributed by atoms with Crippen LogP contribution in [-0.4, -0.2) is 60.8 Å². The van der Waals surface area contributed by atoms with E-state index in [1.807, 2.05) is 0 Å². The Morgan fingerprint density at radius 3 is 2.53 bits per heavy atom. The number of alkyl halides is 4. The summed E-state index contributed by atoms with van der Waals surface area (Å²) in [5, 5.41) is -1.46. The van der Waals surface area contributed by atoms with Gasteiger partial charge in [-0.1, -0.05) is 6.92 Å². The molecule has 19 heavy (non-hydrogen) atoms. The summed E-state index contributed by atoms with van der Waals surface area (Å²) < 4.78 is 73.9. The third-order valence-electron chi connectivity index (χ3n) is 2.72. The minimum atomic E-state index is -4.86. The highest BCUT2D eigenvalue weighted by molar-refractivity contribution is 8.01. The quantitative estimate of drug-likeness (QED) is 0.730. The van der Waals surface area contributed by atoms with Crippen molar-refractivity contribution in [3.63, 3.8) is 0 Å². The van der Waals surface area contributed by atoms with E-state index in [0.717, 1.165) is 0 Å². The summed E-state index contributed by atoms with van der Waals surface area (Å²) in [4.78, 5) is 11.8. The second kappa shape index (κ2) is 5.86. The largest absolute Gasteiger partial charge is 0.383 e.